The highest BCUT2D eigenvalue weighted by molar-refractivity contribution is 7.26. The molecule has 16 rings (SSSR count). The van der Waals surface area contributed by atoms with E-state index >= 15 is 0 Å². The molecule has 0 saturated carbocycles. The second-order valence-corrected chi connectivity index (χ2v) is 31.2. The van der Waals surface area contributed by atoms with Crippen LogP contribution in [0.3, 0.4) is 0 Å². The van der Waals surface area contributed by atoms with Gasteiger partial charge in [-0.05, 0) is 178 Å². The highest BCUT2D eigenvalue weighted by Crippen LogP contribution is 2.56. The lowest BCUT2D eigenvalue weighted by Gasteiger charge is -2.47. The number of thiophene rings is 1. The Morgan fingerprint density at radius 2 is 0.731 bits per heavy atom. The fourth-order valence-corrected chi connectivity index (χ4v) is 16.2. The molecular weight excluding hydrogens is 1140 g/mol. The molecule has 0 spiro atoms. The molecule has 0 atom stereocenters. The lowest BCUT2D eigenvalue weighted by atomic mass is 9.33. The van der Waals surface area contributed by atoms with E-state index in [1.165, 1.54) is 148 Å². The molecular formula is C88H78BN3S. The first-order chi connectivity index (χ1) is 44.7. The maximum absolute atomic E-state index is 2.75. The van der Waals surface area contributed by atoms with Gasteiger partial charge in [-0.3, -0.25) is 0 Å². The van der Waals surface area contributed by atoms with Crippen LogP contribution in [0.5, 0.6) is 0 Å². The van der Waals surface area contributed by atoms with E-state index in [4.69, 9.17) is 0 Å². The van der Waals surface area contributed by atoms with Crippen molar-refractivity contribution >= 4 is 111 Å². The van der Waals surface area contributed by atoms with Gasteiger partial charge in [0.2, 0.25) is 0 Å². The number of anilines is 6. The van der Waals surface area contributed by atoms with Gasteiger partial charge in [0.25, 0.3) is 6.71 Å². The predicted molar refractivity (Wildman–Crippen MR) is 404 cm³/mol. The van der Waals surface area contributed by atoms with Crippen LogP contribution in [-0.4, -0.2) is 11.3 Å². The summed E-state index contributed by atoms with van der Waals surface area (Å²) in [4.78, 5) is 5.49. The minimum Gasteiger partial charge on any atom is -0.310 e. The number of benzene rings is 12. The van der Waals surface area contributed by atoms with Crippen LogP contribution in [0.25, 0.3) is 92.2 Å². The first kappa shape index (κ1) is 58.4. The maximum atomic E-state index is 2.75. The SMILES string of the molecule is CC(C)(C)c1cc(-c2ccccc2)c(N2c3cc(-n4c5ccccc5c5cc(C(C)(C)C)ccc54)ccc3B3c4c2cc(C(C)(C)C)cc4N(c2c(-c4ccccc4)cc(C(C)(C)C)cc2-c2ccccc2)c2ccc4sc5ccccc5c4c23)c(-c2ccccc2)c1. The van der Waals surface area contributed by atoms with Gasteiger partial charge in [-0.2, -0.15) is 0 Å². The van der Waals surface area contributed by atoms with E-state index in [1.54, 1.807) is 0 Å². The van der Waals surface area contributed by atoms with Crippen LogP contribution in [-0.2, 0) is 21.7 Å². The smallest absolute Gasteiger partial charge is 0.253 e. The molecule has 0 fully saturated rings. The Morgan fingerprint density at radius 3 is 1.23 bits per heavy atom. The number of aromatic nitrogens is 1. The van der Waals surface area contributed by atoms with Crippen molar-refractivity contribution < 1.29 is 0 Å². The molecule has 0 aliphatic carbocycles. The van der Waals surface area contributed by atoms with Crippen LogP contribution >= 0.6 is 11.3 Å². The van der Waals surface area contributed by atoms with Crippen LogP contribution in [0.2, 0.25) is 0 Å². The van der Waals surface area contributed by atoms with Crippen molar-refractivity contribution in [1.82, 2.24) is 4.57 Å². The van der Waals surface area contributed by atoms with E-state index in [-0.39, 0.29) is 28.4 Å². The topological polar surface area (TPSA) is 11.4 Å². The number of hydrogen-bond acceptors (Lipinski definition) is 3. The van der Waals surface area contributed by atoms with Crippen molar-refractivity contribution in [3.05, 3.63) is 277 Å². The van der Waals surface area contributed by atoms with Crippen LogP contribution < -0.4 is 26.2 Å². The number of nitrogens with zero attached hydrogens (tertiary/aromatic N) is 3. The van der Waals surface area contributed by atoms with Crippen LogP contribution in [0, 0.1) is 0 Å². The van der Waals surface area contributed by atoms with Crippen molar-refractivity contribution in [3.8, 4) is 50.2 Å². The molecule has 5 heteroatoms. The summed E-state index contributed by atoms with van der Waals surface area (Å²) in [6.07, 6.45) is 0. The molecule has 3 nitrogen and oxygen atoms in total. The third-order valence-corrected chi connectivity index (χ3v) is 21.1. The summed E-state index contributed by atoms with van der Waals surface area (Å²) in [5.41, 5.74) is 28.5. The largest absolute Gasteiger partial charge is 0.310 e. The van der Waals surface area contributed by atoms with Crippen molar-refractivity contribution in [2.24, 2.45) is 0 Å². The van der Waals surface area contributed by atoms with Gasteiger partial charge in [-0.15, -0.1) is 11.3 Å². The summed E-state index contributed by atoms with van der Waals surface area (Å²) in [5.74, 6) is 0. The average molecular weight is 1220 g/mol. The van der Waals surface area contributed by atoms with Crippen molar-refractivity contribution in [3.63, 3.8) is 0 Å². The summed E-state index contributed by atoms with van der Waals surface area (Å²) < 4.78 is 5.12. The average Bonchev–Trinajstić information content (AvgIpc) is 1.44. The van der Waals surface area contributed by atoms with E-state index in [2.05, 4.69) is 352 Å². The van der Waals surface area contributed by atoms with Gasteiger partial charge >= 0.3 is 0 Å². The van der Waals surface area contributed by atoms with Gasteiger partial charge in [-0.25, -0.2) is 0 Å². The van der Waals surface area contributed by atoms with Crippen LogP contribution in [0.1, 0.15) is 105 Å². The molecule has 0 unspecified atom stereocenters. The minimum absolute atomic E-state index is 0.0233. The maximum Gasteiger partial charge on any atom is 0.253 e. The number of fused-ring (bicyclic) bond motifs is 11. The summed E-state index contributed by atoms with van der Waals surface area (Å²) in [6.45, 7) is 28.1. The third-order valence-electron chi connectivity index (χ3n) is 20.0. The normalized spacial score (nSPS) is 13.3. The van der Waals surface area contributed by atoms with Crippen molar-refractivity contribution in [2.75, 3.05) is 9.80 Å². The van der Waals surface area contributed by atoms with E-state index in [0.717, 1.165) is 17.1 Å². The molecule has 14 aromatic rings. The van der Waals surface area contributed by atoms with Crippen LogP contribution in [0.4, 0.5) is 34.1 Å². The third kappa shape index (κ3) is 9.59. The predicted octanol–water partition coefficient (Wildman–Crippen LogP) is 23.1. The van der Waals surface area contributed by atoms with Gasteiger partial charge < -0.3 is 14.4 Å². The zero-order valence-electron chi connectivity index (χ0n) is 55.6. The molecule has 0 radical (unpaired) electrons. The zero-order chi connectivity index (χ0) is 64.0. The van der Waals surface area contributed by atoms with E-state index in [1.807, 2.05) is 11.3 Å². The molecule has 0 amide bonds. The lowest BCUT2D eigenvalue weighted by molar-refractivity contribution is 0.590. The molecule has 0 bridgehead atoms. The quantitative estimate of drug-likeness (QED) is 0.147. The molecule has 2 aliphatic rings. The van der Waals surface area contributed by atoms with Crippen molar-refractivity contribution in [1.29, 1.82) is 0 Å². The summed E-state index contributed by atoms with van der Waals surface area (Å²) in [6, 6.07) is 97.9. The monoisotopic (exact) mass is 1220 g/mol. The van der Waals surface area contributed by atoms with Crippen molar-refractivity contribution in [2.45, 2.75) is 105 Å². The minimum atomic E-state index is -0.287. The molecule has 12 aromatic carbocycles. The first-order valence-electron chi connectivity index (χ1n) is 33.2. The fraction of sp³-hybridized carbons (Fsp3) is 0.182. The Kier molecular flexibility index (Phi) is 13.5. The molecule has 2 aromatic heterocycles. The zero-order valence-corrected chi connectivity index (χ0v) is 56.4. The number of rotatable bonds is 7. The highest BCUT2D eigenvalue weighted by atomic mass is 32.1. The second-order valence-electron chi connectivity index (χ2n) is 30.1. The van der Waals surface area contributed by atoms with E-state index < -0.39 is 0 Å². The summed E-state index contributed by atoms with van der Waals surface area (Å²) in [7, 11) is 0. The summed E-state index contributed by atoms with van der Waals surface area (Å²) in [5, 5.41) is 5.12. The van der Waals surface area contributed by atoms with Gasteiger partial charge in [0, 0.05) is 70.9 Å². The number of hydrogen-bond donors (Lipinski definition) is 0. The molecule has 4 heterocycles. The molecule has 0 saturated heterocycles. The molecule has 93 heavy (non-hydrogen) atoms. The van der Waals surface area contributed by atoms with Gasteiger partial charge in [0.1, 0.15) is 0 Å². The molecule has 2 aliphatic heterocycles. The highest BCUT2D eigenvalue weighted by Gasteiger charge is 2.47. The van der Waals surface area contributed by atoms with Crippen LogP contribution in [0.15, 0.2) is 255 Å². The fourth-order valence-electron chi connectivity index (χ4n) is 15.0. The summed E-state index contributed by atoms with van der Waals surface area (Å²) >= 11 is 1.91. The lowest BCUT2D eigenvalue weighted by Crippen LogP contribution is -2.61. The first-order valence-corrected chi connectivity index (χ1v) is 34.0. The molecule has 0 N–H and O–H groups in total. The Hall–Kier alpha value is -9.68. The number of para-hydroxylation sites is 1. The Bertz CT molecular complexity index is 5180. The Labute approximate surface area is 553 Å². The standard InChI is InChI=1S/C88H78BN3S/c1-85(2,3)59-41-44-73-70(47-59)64-37-25-27-39-72(64)90(73)63-42-43-71-75(54-63)92(84-68(57-33-21-15-22-34-57)50-61(87(7,8)9)51-69(84)58-35-23-16-24-36-58)77-53-62(88(10,11)12)52-76-81(77)89(71)82-74(45-46-79-80(82)65-38-26-28-40-78(65)93-79)91(76)83-66(55-29-17-13-18-30-55)48-60(86(4,5)6)49-67(83)56-31-19-14-20-32-56/h13-54H,1-12H3. The van der Waals surface area contributed by atoms with E-state index in [9.17, 15) is 0 Å². The van der Waals surface area contributed by atoms with Gasteiger partial charge in [0.15, 0.2) is 0 Å². The Morgan fingerprint density at radius 1 is 0.301 bits per heavy atom. The Balaban J connectivity index is 1.12. The van der Waals surface area contributed by atoms with E-state index in [0.29, 0.717) is 0 Å². The van der Waals surface area contributed by atoms with Gasteiger partial charge in [0.05, 0.1) is 22.4 Å². The van der Waals surface area contributed by atoms with Gasteiger partial charge in [-0.1, -0.05) is 253 Å². The molecule has 454 valence electrons. The second kappa shape index (κ2) is 21.4.